The molecule has 0 aliphatic carbocycles. The number of aromatic nitrogens is 3. The molecule has 1 unspecified atom stereocenters. The van der Waals surface area contributed by atoms with Crippen molar-refractivity contribution in [2.45, 2.75) is 39.7 Å². The second-order valence-electron chi connectivity index (χ2n) is 4.62. The fraction of sp³-hybridized carbons (Fsp3) is 0.750. The number of nitrogens with one attached hydrogen (secondary N) is 1. The summed E-state index contributed by atoms with van der Waals surface area (Å²) in [5, 5.41) is 11.8. The number of aryl methyl sites for hydroxylation is 2. The fourth-order valence-electron chi connectivity index (χ4n) is 2.16. The third kappa shape index (κ3) is 2.72. The van der Waals surface area contributed by atoms with Crippen LogP contribution in [0.15, 0.2) is 0 Å². The minimum Gasteiger partial charge on any atom is -0.335 e. The monoisotopic (exact) mass is 235 g/mol. The molecule has 94 valence electrons. The van der Waals surface area contributed by atoms with E-state index in [-0.39, 0.29) is 0 Å². The van der Waals surface area contributed by atoms with Gasteiger partial charge in [0.05, 0.1) is 11.4 Å². The van der Waals surface area contributed by atoms with Crippen LogP contribution in [0.3, 0.4) is 0 Å². The zero-order valence-electron chi connectivity index (χ0n) is 10.9. The Kier molecular flexibility index (Phi) is 3.89. The summed E-state index contributed by atoms with van der Waals surface area (Å²) in [6.07, 6.45) is 2.27. The molecule has 1 aromatic rings. The average Bonchev–Trinajstić information content (AvgIpc) is 2.83. The second-order valence-corrected chi connectivity index (χ2v) is 4.62. The van der Waals surface area contributed by atoms with Crippen LogP contribution >= 0.6 is 0 Å². The Hall–Kier alpha value is -1.23. The maximum absolute atomic E-state index is 4.56. The molecule has 0 aromatic carbocycles. The highest BCUT2D eigenvalue weighted by Gasteiger charge is 2.24. The van der Waals surface area contributed by atoms with Gasteiger partial charge in [-0.1, -0.05) is 6.92 Å². The molecule has 5 nitrogen and oxygen atoms in total. The molecule has 1 aliphatic rings. The van der Waals surface area contributed by atoms with Gasteiger partial charge in [0.1, 0.15) is 0 Å². The van der Waals surface area contributed by atoms with Gasteiger partial charge in [0.25, 0.3) is 0 Å². The van der Waals surface area contributed by atoms with Crippen LogP contribution in [-0.2, 0) is 0 Å². The van der Waals surface area contributed by atoms with Gasteiger partial charge >= 0.3 is 0 Å². The Morgan fingerprint density at radius 2 is 2.12 bits per heavy atom. The lowest BCUT2D eigenvalue weighted by molar-refractivity contribution is 0.601. The topological polar surface area (TPSA) is 53.9 Å². The largest absolute Gasteiger partial charge is 0.335 e. The van der Waals surface area contributed by atoms with Crippen LogP contribution in [0.4, 0.5) is 5.95 Å². The van der Waals surface area contributed by atoms with Crippen molar-refractivity contribution >= 4 is 5.95 Å². The van der Waals surface area contributed by atoms with Crippen molar-refractivity contribution in [2.75, 3.05) is 24.5 Å². The van der Waals surface area contributed by atoms with Crippen molar-refractivity contribution < 1.29 is 0 Å². The molecule has 0 saturated carbocycles. The van der Waals surface area contributed by atoms with Gasteiger partial charge in [-0.2, -0.15) is 5.10 Å². The first-order valence-corrected chi connectivity index (χ1v) is 6.37. The van der Waals surface area contributed by atoms with E-state index in [1.165, 1.54) is 0 Å². The molecule has 1 N–H and O–H groups in total. The predicted molar refractivity (Wildman–Crippen MR) is 68.2 cm³/mol. The van der Waals surface area contributed by atoms with Crippen molar-refractivity contribution in [1.29, 1.82) is 0 Å². The zero-order chi connectivity index (χ0) is 12.3. The third-order valence-corrected chi connectivity index (χ3v) is 3.28. The standard InChI is InChI=1S/C12H21N5/c1-4-7-17(11-5-6-13-8-11)12-14-9(2)10(3)15-16-12/h11,13H,4-8H2,1-3H3. The molecular formula is C12H21N5. The molecule has 0 amide bonds. The summed E-state index contributed by atoms with van der Waals surface area (Å²) < 4.78 is 0. The van der Waals surface area contributed by atoms with Crippen LogP contribution in [0.5, 0.6) is 0 Å². The van der Waals surface area contributed by atoms with Crippen LogP contribution in [0.25, 0.3) is 0 Å². The van der Waals surface area contributed by atoms with Crippen molar-refractivity contribution in [3.05, 3.63) is 11.4 Å². The van der Waals surface area contributed by atoms with Crippen molar-refractivity contribution in [2.24, 2.45) is 0 Å². The van der Waals surface area contributed by atoms with Crippen LogP contribution in [0, 0.1) is 13.8 Å². The summed E-state index contributed by atoms with van der Waals surface area (Å²) in [5.74, 6) is 0.781. The van der Waals surface area contributed by atoms with Crippen LogP contribution in [-0.4, -0.2) is 40.9 Å². The third-order valence-electron chi connectivity index (χ3n) is 3.28. The van der Waals surface area contributed by atoms with Crippen LogP contribution in [0.1, 0.15) is 31.2 Å². The minimum atomic E-state index is 0.513. The fourth-order valence-corrected chi connectivity index (χ4v) is 2.16. The Balaban J connectivity index is 2.21. The van der Waals surface area contributed by atoms with Crippen LogP contribution < -0.4 is 10.2 Å². The molecule has 0 spiro atoms. The van der Waals surface area contributed by atoms with Gasteiger partial charge in [-0.15, -0.1) is 5.10 Å². The molecule has 2 rings (SSSR count). The Bertz CT molecular complexity index is 373. The summed E-state index contributed by atoms with van der Waals surface area (Å²) >= 11 is 0. The maximum Gasteiger partial charge on any atom is 0.245 e. The van der Waals surface area contributed by atoms with Gasteiger partial charge < -0.3 is 10.2 Å². The van der Waals surface area contributed by atoms with Gasteiger partial charge in [-0.25, -0.2) is 4.98 Å². The van der Waals surface area contributed by atoms with Gasteiger partial charge in [-0.3, -0.25) is 0 Å². The zero-order valence-corrected chi connectivity index (χ0v) is 10.9. The summed E-state index contributed by atoms with van der Waals surface area (Å²) in [6, 6.07) is 0.513. The van der Waals surface area contributed by atoms with Gasteiger partial charge in [0.15, 0.2) is 0 Å². The van der Waals surface area contributed by atoms with E-state index in [1.54, 1.807) is 0 Å². The summed E-state index contributed by atoms with van der Waals surface area (Å²) in [4.78, 5) is 6.85. The first kappa shape index (κ1) is 12.2. The highest BCUT2D eigenvalue weighted by molar-refractivity contribution is 5.32. The summed E-state index contributed by atoms with van der Waals surface area (Å²) in [6.45, 7) is 9.23. The van der Waals surface area contributed by atoms with E-state index in [0.29, 0.717) is 6.04 Å². The maximum atomic E-state index is 4.56. The number of hydrogen-bond donors (Lipinski definition) is 1. The lowest BCUT2D eigenvalue weighted by Gasteiger charge is -2.27. The van der Waals surface area contributed by atoms with E-state index in [1.807, 2.05) is 13.8 Å². The summed E-state index contributed by atoms with van der Waals surface area (Å²) in [7, 11) is 0. The highest BCUT2D eigenvalue weighted by Crippen LogP contribution is 2.16. The quantitative estimate of drug-likeness (QED) is 0.846. The molecule has 17 heavy (non-hydrogen) atoms. The lowest BCUT2D eigenvalue weighted by Crippen LogP contribution is -2.39. The predicted octanol–water partition coefficient (Wildman–Crippen LogP) is 1.07. The molecule has 1 aliphatic heterocycles. The highest BCUT2D eigenvalue weighted by atomic mass is 15.3. The van der Waals surface area contributed by atoms with Crippen LogP contribution in [0.2, 0.25) is 0 Å². The van der Waals surface area contributed by atoms with Crippen molar-refractivity contribution in [3.8, 4) is 0 Å². The molecule has 0 radical (unpaired) electrons. The Morgan fingerprint density at radius 1 is 1.29 bits per heavy atom. The van der Waals surface area contributed by atoms with E-state index in [2.05, 4.69) is 32.3 Å². The molecule has 0 bridgehead atoms. The Labute approximate surface area is 103 Å². The number of hydrogen-bond acceptors (Lipinski definition) is 5. The average molecular weight is 235 g/mol. The van der Waals surface area contributed by atoms with E-state index >= 15 is 0 Å². The van der Waals surface area contributed by atoms with Crippen molar-refractivity contribution in [1.82, 2.24) is 20.5 Å². The van der Waals surface area contributed by atoms with Crippen molar-refractivity contribution in [3.63, 3.8) is 0 Å². The molecular weight excluding hydrogens is 214 g/mol. The molecule has 1 aromatic heterocycles. The normalized spacial score (nSPS) is 19.6. The van der Waals surface area contributed by atoms with E-state index in [9.17, 15) is 0 Å². The Morgan fingerprint density at radius 3 is 2.71 bits per heavy atom. The summed E-state index contributed by atoms with van der Waals surface area (Å²) in [5.41, 5.74) is 1.89. The molecule has 1 saturated heterocycles. The first-order valence-electron chi connectivity index (χ1n) is 6.37. The number of anilines is 1. The molecule has 5 heteroatoms. The SMILES string of the molecule is CCCN(c1nnc(C)c(C)n1)C1CCNC1. The first-order chi connectivity index (χ1) is 8.22. The van der Waals surface area contributed by atoms with E-state index in [4.69, 9.17) is 0 Å². The smallest absolute Gasteiger partial charge is 0.245 e. The van der Waals surface area contributed by atoms with E-state index < -0.39 is 0 Å². The van der Waals surface area contributed by atoms with Gasteiger partial charge in [0.2, 0.25) is 5.95 Å². The second kappa shape index (κ2) is 5.40. The van der Waals surface area contributed by atoms with Gasteiger partial charge in [0, 0.05) is 19.1 Å². The minimum absolute atomic E-state index is 0.513. The molecule has 2 heterocycles. The lowest BCUT2D eigenvalue weighted by atomic mass is 10.2. The number of nitrogens with zero attached hydrogens (tertiary/aromatic N) is 4. The molecule has 1 fully saturated rings. The molecule has 1 atom stereocenters. The van der Waals surface area contributed by atoms with E-state index in [0.717, 1.165) is 49.8 Å². The van der Waals surface area contributed by atoms with Gasteiger partial charge in [-0.05, 0) is 33.2 Å². The number of rotatable bonds is 4.